The lowest BCUT2D eigenvalue weighted by atomic mass is 9.80. The zero-order chi connectivity index (χ0) is 10.7. The lowest BCUT2D eigenvalue weighted by Crippen LogP contribution is -2.30. The minimum absolute atomic E-state index is 0.813. The Bertz CT molecular complexity index is 185. The molecule has 2 heteroatoms. The molecule has 88 valence electrons. The van der Waals surface area contributed by atoms with Crippen molar-refractivity contribution in [2.45, 2.75) is 44.6 Å². The van der Waals surface area contributed by atoms with Gasteiger partial charge in [0.2, 0.25) is 0 Å². The molecular weight excluding hydrogens is 184 g/mol. The Morgan fingerprint density at radius 3 is 2.33 bits per heavy atom. The molecule has 15 heavy (non-hydrogen) atoms. The van der Waals surface area contributed by atoms with Gasteiger partial charge in [-0.2, -0.15) is 0 Å². The lowest BCUT2D eigenvalue weighted by Gasteiger charge is -2.29. The molecule has 1 atom stereocenters. The van der Waals surface area contributed by atoms with Crippen molar-refractivity contribution < 1.29 is 0 Å². The van der Waals surface area contributed by atoms with Gasteiger partial charge in [0.05, 0.1) is 0 Å². The highest BCUT2D eigenvalue weighted by molar-refractivity contribution is 4.81. The van der Waals surface area contributed by atoms with Crippen molar-refractivity contribution in [3.63, 3.8) is 0 Å². The molecule has 1 aliphatic carbocycles. The van der Waals surface area contributed by atoms with E-state index < -0.39 is 0 Å². The van der Waals surface area contributed by atoms with Crippen molar-refractivity contribution in [3.05, 3.63) is 0 Å². The second-order valence-corrected chi connectivity index (χ2v) is 5.66. The molecule has 2 rings (SSSR count). The van der Waals surface area contributed by atoms with Gasteiger partial charge in [-0.25, -0.2) is 0 Å². The summed E-state index contributed by atoms with van der Waals surface area (Å²) in [6.07, 6.45) is 8.69. The monoisotopic (exact) mass is 210 g/mol. The average molecular weight is 210 g/mol. The third kappa shape index (κ3) is 3.18. The molecule has 1 saturated heterocycles. The lowest BCUT2D eigenvalue weighted by molar-refractivity contribution is 0.254. The summed E-state index contributed by atoms with van der Waals surface area (Å²) in [5, 5.41) is 3.42. The highest BCUT2D eigenvalue weighted by Crippen LogP contribution is 2.32. The van der Waals surface area contributed by atoms with Crippen molar-refractivity contribution in [1.29, 1.82) is 0 Å². The number of likely N-dealkylation sites (tertiary alicyclic amines) is 1. The quantitative estimate of drug-likeness (QED) is 0.767. The predicted molar refractivity (Wildman–Crippen MR) is 65.0 cm³/mol. The molecule has 0 bridgehead atoms. The number of nitrogens with zero attached hydrogens (tertiary/aromatic N) is 1. The fourth-order valence-corrected chi connectivity index (χ4v) is 3.38. The summed E-state index contributed by atoms with van der Waals surface area (Å²) in [4.78, 5) is 2.49. The van der Waals surface area contributed by atoms with Gasteiger partial charge < -0.3 is 10.2 Å². The maximum Gasteiger partial charge on any atom is 0.00642 e. The number of rotatable bonds is 3. The molecule has 2 nitrogen and oxygen atoms in total. The van der Waals surface area contributed by atoms with Crippen LogP contribution in [0, 0.1) is 11.8 Å². The van der Waals surface area contributed by atoms with E-state index in [1.807, 2.05) is 0 Å². The Labute approximate surface area is 94.4 Å². The molecule has 0 amide bonds. The highest BCUT2D eigenvalue weighted by atomic mass is 15.1. The summed E-state index contributed by atoms with van der Waals surface area (Å²) in [6, 6.07) is 0.813. The third-order valence-corrected chi connectivity index (χ3v) is 4.41. The molecule has 1 saturated carbocycles. The van der Waals surface area contributed by atoms with Crippen molar-refractivity contribution >= 4 is 0 Å². The van der Waals surface area contributed by atoms with Crippen LogP contribution in [0.25, 0.3) is 0 Å². The molecule has 0 aromatic rings. The predicted octanol–water partition coefficient (Wildman–Crippen LogP) is 2.11. The Kier molecular flexibility index (Phi) is 4.04. The minimum atomic E-state index is 0.813. The summed E-state index contributed by atoms with van der Waals surface area (Å²) >= 11 is 0. The van der Waals surface area contributed by atoms with Crippen LogP contribution >= 0.6 is 0 Å². The van der Waals surface area contributed by atoms with Crippen LogP contribution < -0.4 is 5.32 Å². The van der Waals surface area contributed by atoms with Crippen LogP contribution in [0.2, 0.25) is 0 Å². The molecule has 1 heterocycles. The first-order chi connectivity index (χ1) is 7.28. The molecule has 1 N–H and O–H groups in total. The minimum Gasteiger partial charge on any atom is -0.317 e. The fourth-order valence-electron chi connectivity index (χ4n) is 3.38. The van der Waals surface area contributed by atoms with Gasteiger partial charge in [0, 0.05) is 12.6 Å². The third-order valence-electron chi connectivity index (χ3n) is 4.41. The van der Waals surface area contributed by atoms with E-state index in [4.69, 9.17) is 0 Å². The molecule has 0 spiro atoms. The molecule has 2 aliphatic rings. The van der Waals surface area contributed by atoms with Crippen LogP contribution in [0.5, 0.6) is 0 Å². The van der Waals surface area contributed by atoms with Crippen molar-refractivity contribution in [2.75, 3.05) is 27.2 Å². The van der Waals surface area contributed by atoms with Gasteiger partial charge >= 0.3 is 0 Å². The topological polar surface area (TPSA) is 15.3 Å². The van der Waals surface area contributed by atoms with Crippen LogP contribution in [0.1, 0.15) is 38.5 Å². The van der Waals surface area contributed by atoms with Crippen LogP contribution in [0.3, 0.4) is 0 Å². The molecule has 0 aromatic heterocycles. The largest absolute Gasteiger partial charge is 0.317 e. The zero-order valence-corrected chi connectivity index (χ0v) is 10.3. The molecule has 0 aromatic carbocycles. The summed E-state index contributed by atoms with van der Waals surface area (Å²) in [5.41, 5.74) is 0. The van der Waals surface area contributed by atoms with Gasteiger partial charge in [-0.15, -0.1) is 0 Å². The van der Waals surface area contributed by atoms with E-state index in [0.29, 0.717) is 0 Å². The van der Waals surface area contributed by atoms with Crippen LogP contribution in [0.4, 0.5) is 0 Å². The number of hydrogen-bond donors (Lipinski definition) is 1. The summed E-state index contributed by atoms with van der Waals surface area (Å²) in [5.74, 6) is 2.04. The Balaban J connectivity index is 1.68. The SMILES string of the molecule is CNC1CCC(CC2CCN(C)C2)CC1. The Morgan fingerprint density at radius 2 is 1.80 bits per heavy atom. The van der Waals surface area contributed by atoms with E-state index in [9.17, 15) is 0 Å². The summed E-state index contributed by atoms with van der Waals surface area (Å²) in [7, 11) is 4.37. The van der Waals surface area contributed by atoms with Gasteiger partial charge in [-0.3, -0.25) is 0 Å². The zero-order valence-electron chi connectivity index (χ0n) is 10.3. The summed E-state index contributed by atoms with van der Waals surface area (Å²) < 4.78 is 0. The van der Waals surface area contributed by atoms with Crippen molar-refractivity contribution in [2.24, 2.45) is 11.8 Å². The molecule has 1 aliphatic heterocycles. The standard InChI is InChI=1S/C13H26N2/c1-14-13-5-3-11(4-6-13)9-12-7-8-15(2)10-12/h11-14H,3-10H2,1-2H3. The molecule has 0 radical (unpaired) electrons. The van der Waals surface area contributed by atoms with Crippen molar-refractivity contribution in [3.8, 4) is 0 Å². The van der Waals surface area contributed by atoms with Gasteiger partial charge in [0.15, 0.2) is 0 Å². The molecule has 1 unspecified atom stereocenters. The molecular formula is C13H26N2. The smallest absolute Gasteiger partial charge is 0.00642 e. The maximum atomic E-state index is 3.42. The van der Waals surface area contributed by atoms with E-state index in [0.717, 1.165) is 17.9 Å². The normalized spacial score (nSPS) is 38.4. The van der Waals surface area contributed by atoms with Crippen LogP contribution in [-0.4, -0.2) is 38.1 Å². The van der Waals surface area contributed by atoms with Gasteiger partial charge in [-0.1, -0.05) is 0 Å². The van der Waals surface area contributed by atoms with Crippen LogP contribution in [0.15, 0.2) is 0 Å². The van der Waals surface area contributed by atoms with Crippen molar-refractivity contribution in [1.82, 2.24) is 10.2 Å². The van der Waals surface area contributed by atoms with Gasteiger partial charge in [0.25, 0.3) is 0 Å². The first-order valence-corrected chi connectivity index (χ1v) is 6.63. The van der Waals surface area contributed by atoms with E-state index in [2.05, 4.69) is 24.3 Å². The van der Waals surface area contributed by atoms with E-state index >= 15 is 0 Å². The average Bonchev–Trinajstić information content (AvgIpc) is 2.65. The van der Waals surface area contributed by atoms with E-state index in [1.165, 1.54) is 51.6 Å². The first kappa shape index (κ1) is 11.4. The van der Waals surface area contributed by atoms with Gasteiger partial charge in [-0.05, 0) is 71.0 Å². The highest BCUT2D eigenvalue weighted by Gasteiger charge is 2.26. The fraction of sp³-hybridized carbons (Fsp3) is 1.00. The maximum absolute atomic E-state index is 3.42. The summed E-state index contributed by atoms with van der Waals surface area (Å²) in [6.45, 7) is 2.68. The van der Waals surface area contributed by atoms with E-state index in [1.54, 1.807) is 0 Å². The molecule has 2 fully saturated rings. The van der Waals surface area contributed by atoms with Crippen LogP contribution in [-0.2, 0) is 0 Å². The first-order valence-electron chi connectivity index (χ1n) is 6.63. The van der Waals surface area contributed by atoms with E-state index in [-0.39, 0.29) is 0 Å². The Hall–Kier alpha value is -0.0800. The number of hydrogen-bond acceptors (Lipinski definition) is 2. The second-order valence-electron chi connectivity index (χ2n) is 5.66. The second kappa shape index (κ2) is 5.31. The number of nitrogens with one attached hydrogen (secondary N) is 1. The Morgan fingerprint density at radius 1 is 1.07 bits per heavy atom. The van der Waals surface area contributed by atoms with Gasteiger partial charge in [0.1, 0.15) is 0 Å².